The zero-order valence-electron chi connectivity index (χ0n) is 9.66. The van der Waals surface area contributed by atoms with Crippen LogP contribution in [0.3, 0.4) is 0 Å². The first-order valence-electron chi connectivity index (χ1n) is 5.01. The van der Waals surface area contributed by atoms with Crippen LogP contribution in [0.5, 0.6) is 0 Å². The molecule has 15 heavy (non-hydrogen) atoms. The van der Waals surface area contributed by atoms with Crippen molar-refractivity contribution in [2.24, 2.45) is 0 Å². The minimum atomic E-state index is -0.501. The molecule has 1 rings (SSSR count). The molecule has 0 aromatic heterocycles. The smallest absolute Gasteiger partial charge is 0.407 e. The monoisotopic (exact) mass is 214 g/mol. The molecule has 0 bridgehead atoms. The first-order chi connectivity index (χ1) is 6.78. The number of likely N-dealkylation sites (tertiary alicyclic amines) is 1. The fourth-order valence-electron chi connectivity index (χ4n) is 1.43. The number of hydrogen-bond acceptors (Lipinski definition) is 3. The molecule has 0 spiro atoms. The van der Waals surface area contributed by atoms with E-state index in [1.54, 1.807) is 32.7 Å². The van der Waals surface area contributed by atoms with Crippen LogP contribution in [-0.2, 0) is 9.53 Å². The van der Waals surface area contributed by atoms with Crippen LogP contribution in [0.2, 0.25) is 0 Å². The fourth-order valence-corrected chi connectivity index (χ4v) is 1.43. The maximum Gasteiger partial charge on any atom is 0.407 e. The highest BCUT2D eigenvalue weighted by Gasteiger charge is 2.29. The molecule has 5 heteroatoms. The molecule has 5 nitrogen and oxygen atoms in total. The van der Waals surface area contributed by atoms with E-state index in [0.717, 1.165) is 0 Å². The van der Waals surface area contributed by atoms with Crippen LogP contribution >= 0.6 is 0 Å². The van der Waals surface area contributed by atoms with Crippen molar-refractivity contribution in [3.8, 4) is 0 Å². The largest absolute Gasteiger partial charge is 0.444 e. The second-order valence-electron chi connectivity index (χ2n) is 4.82. The summed E-state index contributed by atoms with van der Waals surface area (Å²) in [5.74, 6) is 0.0519. The summed E-state index contributed by atoms with van der Waals surface area (Å²) in [5.41, 5.74) is -0.501. The van der Waals surface area contributed by atoms with E-state index in [-0.39, 0.29) is 11.9 Å². The van der Waals surface area contributed by atoms with Crippen molar-refractivity contribution in [1.82, 2.24) is 10.2 Å². The maximum absolute atomic E-state index is 11.4. The lowest BCUT2D eigenvalue weighted by Crippen LogP contribution is -2.40. The van der Waals surface area contributed by atoms with Crippen LogP contribution in [0.25, 0.3) is 0 Å². The maximum atomic E-state index is 11.4. The van der Waals surface area contributed by atoms with E-state index in [9.17, 15) is 9.59 Å². The third kappa shape index (κ3) is 3.77. The fraction of sp³-hybridized carbons (Fsp3) is 0.800. The molecule has 1 fully saturated rings. The van der Waals surface area contributed by atoms with E-state index in [1.807, 2.05) is 0 Å². The van der Waals surface area contributed by atoms with Crippen molar-refractivity contribution in [1.29, 1.82) is 0 Å². The molecule has 1 heterocycles. The highest BCUT2D eigenvalue weighted by molar-refractivity contribution is 5.80. The van der Waals surface area contributed by atoms with E-state index in [2.05, 4.69) is 5.32 Å². The van der Waals surface area contributed by atoms with Gasteiger partial charge >= 0.3 is 6.09 Å². The first-order valence-corrected chi connectivity index (χ1v) is 5.01. The van der Waals surface area contributed by atoms with Gasteiger partial charge in [-0.05, 0) is 20.8 Å². The van der Waals surface area contributed by atoms with Crippen molar-refractivity contribution in [2.75, 3.05) is 13.6 Å². The molecule has 0 aromatic carbocycles. The number of hydrogen-bond donors (Lipinski definition) is 1. The Kier molecular flexibility index (Phi) is 3.21. The molecule has 0 unspecified atom stereocenters. The Hall–Kier alpha value is -1.26. The van der Waals surface area contributed by atoms with Gasteiger partial charge in [0.25, 0.3) is 0 Å². The molecule has 1 atom stereocenters. The third-order valence-corrected chi connectivity index (χ3v) is 2.06. The molecule has 1 saturated heterocycles. The Balaban J connectivity index is 2.37. The van der Waals surface area contributed by atoms with Gasteiger partial charge in [0.05, 0.1) is 6.04 Å². The molecule has 0 radical (unpaired) electrons. The number of nitrogens with zero attached hydrogens (tertiary/aromatic N) is 1. The molecule has 0 saturated carbocycles. The van der Waals surface area contributed by atoms with Crippen LogP contribution in [0, 0.1) is 0 Å². The van der Waals surface area contributed by atoms with Crippen LogP contribution in [-0.4, -0.2) is 42.1 Å². The van der Waals surface area contributed by atoms with Gasteiger partial charge in [0.1, 0.15) is 5.60 Å². The summed E-state index contributed by atoms with van der Waals surface area (Å²) in [4.78, 5) is 24.1. The molecule has 2 amide bonds. The van der Waals surface area contributed by atoms with E-state index < -0.39 is 11.7 Å². The summed E-state index contributed by atoms with van der Waals surface area (Å²) in [6.45, 7) is 5.97. The molecule has 1 N–H and O–H groups in total. The molecular formula is C10H18N2O3. The first kappa shape index (κ1) is 11.8. The Labute approximate surface area is 89.8 Å². The lowest BCUT2D eigenvalue weighted by atomic mass is 10.2. The van der Waals surface area contributed by atoms with Crippen molar-refractivity contribution in [2.45, 2.75) is 38.8 Å². The van der Waals surface area contributed by atoms with Crippen LogP contribution in [0.1, 0.15) is 27.2 Å². The van der Waals surface area contributed by atoms with Gasteiger partial charge in [-0.3, -0.25) is 4.79 Å². The zero-order chi connectivity index (χ0) is 11.6. The average molecular weight is 214 g/mol. The van der Waals surface area contributed by atoms with E-state index in [4.69, 9.17) is 4.74 Å². The number of alkyl carbamates (subject to hydrolysis) is 1. The minimum absolute atomic E-state index is 0.0519. The normalized spacial score (nSPS) is 21.7. The molecular weight excluding hydrogens is 196 g/mol. The van der Waals surface area contributed by atoms with Crippen molar-refractivity contribution >= 4 is 12.0 Å². The number of amides is 2. The van der Waals surface area contributed by atoms with Gasteiger partial charge in [0.2, 0.25) is 5.91 Å². The Morgan fingerprint density at radius 1 is 1.53 bits per heavy atom. The quantitative estimate of drug-likeness (QED) is 0.700. The number of carbonyl (C=O) groups is 2. The summed E-state index contributed by atoms with van der Waals surface area (Å²) in [6.07, 6.45) is -0.106. The van der Waals surface area contributed by atoms with Gasteiger partial charge in [-0.25, -0.2) is 4.79 Å². The SMILES string of the molecule is CN1C[C@@H](NC(=O)OC(C)(C)C)CC1=O. The van der Waals surface area contributed by atoms with E-state index in [1.165, 1.54) is 0 Å². The number of ether oxygens (including phenoxy) is 1. The summed E-state index contributed by atoms with van der Waals surface area (Å²) in [5, 5.41) is 2.67. The predicted molar refractivity (Wildman–Crippen MR) is 55.4 cm³/mol. The Morgan fingerprint density at radius 3 is 2.53 bits per heavy atom. The number of nitrogens with one attached hydrogen (secondary N) is 1. The second kappa shape index (κ2) is 4.08. The Bertz CT molecular complexity index is 270. The lowest BCUT2D eigenvalue weighted by molar-refractivity contribution is -0.126. The highest BCUT2D eigenvalue weighted by atomic mass is 16.6. The van der Waals surface area contributed by atoms with Gasteiger partial charge in [0, 0.05) is 20.0 Å². The molecule has 1 aliphatic rings. The summed E-state index contributed by atoms with van der Waals surface area (Å²) in [7, 11) is 1.72. The van der Waals surface area contributed by atoms with Crippen molar-refractivity contribution in [3.05, 3.63) is 0 Å². The number of rotatable bonds is 1. The molecule has 86 valence electrons. The zero-order valence-corrected chi connectivity index (χ0v) is 9.66. The molecule has 1 aliphatic heterocycles. The van der Waals surface area contributed by atoms with Crippen LogP contribution < -0.4 is 5.32 Å². The topological polar surface area (TPSA) is 58.6 Å². The molecule has 0 aromatic rings. The average Bonchev–Trinajstić information content (AvgIpc) is 2.26. The highest BCUT2D eigenvalue weighted by Crippen LogP contribution is 2.11. The third-order valence-electron chi connectivity index (χ3n) is 2.06. The van der Waals surface area contributed by atoms with Gasteiger partial charge in [-0.1, -0.05) is 0 Å². The van der Waals surface area contributed by atoms with Crippen molar-refractivity contribution < 1.29 is 14.3 Å². The van der Waals surface area contributed by atoms with Crippen molar-refractivity contribution in [3.63, 3.8) is 0 Å². The van der Waals surface area contributed by atoms with Gasteiger partial charge in [0.15, 0.2) is 0 Å². The van der Waals surface area contributed by atoms with E-state index in [0.29, 0.717) is 13.0 Å². The summed E-state index contributed by atoms with van der Waals surface area (Å²) in [6, 6.07) is -0.127. The number of likely N-dealkylation sites (N-methyl/N-ethyl adjacent to an activating group) is 1. The van der Waals surface area contributed by atoms with Gasteiger partial charge in [-0.2, -0.15) is 0 Å². The van der Waals surface area contributed by atoms with Gasteiger partial charge in [-0.15, -0.1) is 0 Å². The standard InChI is InChI=1S/C10H18N2O3/c1-10(2,3)15-9(14)11-7-5-8(13)12(4)6-7/h7H,5-6H2,1-4H3,(H,11,14)/t7-/m0/s1. The van der Waals surface area contributed by atoms with E-state index >= 15 is 0 Å². The second-order valence-corrected chi connectivity index (χ2v) is 4.82. The van der Waals surface area contributed by atoms with Crippen LogP contribution in [0.15, 0.2) is 0 Å². The predicted octanol–water partition coefficient (Wildman–Crippen LogP) is 0.742. The summed E-state index contributed by atoms with van der Waals surface area (Å²) >= 11 is 0. The molecule has 0 aliphatic carbocycles. The van der Waals surface area contributed by atoms with Gasteiger partial charge < -0.3 is 15.0 Å². The summed E-state index contributed by atoms with van der Waals surface area (Å²) < 4.78 is 5.09. The minimum Gasteiger partial charge on any atom is -0.444 e. The Morgan fingerprint density at radius 2 is 2.13 bits per heavy atom. The lowest BCUT2D eigenvalue weighted by Gasteiger charge is -2.21. The number of carbonyl (C=O) groups excluding carboxylic acids is 2. The van der Waals surface area contributed by atoms with Crippen LogP contribution in [0.4, 0.5) is 4.79 Å².